The molecule has 0 saturated heterocycles. The second-order valence-electron chi connectivity index (χ2n) is 10.5. The van der Waals surface area contributed by atoms with Crippen molar-refractivity contribution < 1.29 is 71.2 Å². The Morgan fingerprint density at radius 3 is 0.872 bits per heavy atom. The first kappa shape index (κ1) is 45.3. The molecule has 16 heteroatoms. The molecule has 0 atom stereocenters. The quantitative estimate of drug-likeness (QED) is 0.0738. The van der Waals surface area contributed by atoms with Crippen molar-refractivity contribution in [3.63, 3.8) is 0 Å². The van der Waals surface area contributed by atoms with Crippen molar-refractivity contribution in [2.24, 2.45) is 0 Å². The lowest BCUT2D eigenvalue weighted by molar-refractivity contribution is -0.142. The topological polar surface area (TPSA) is 166 Å². The summed E-state index contributed by atoms with van der Waals surface area (Å²) in [4.78, 5) is 22.1. The van der Waals surface area contributed by atoms with Crippen LogP contribution in [0, 0.1) is 0 Å². The number of rotatable bonds is 36. The first-order valence-electron chi connectivity index (χ1n) is 16.3. The van der Waals surface area contributed by atoms with E-state index in [0.29, 0.717) is 152 Å². The Balaban J connectivity index is 3.10. The summed E-state index contributed by atoms with van der Waals surface area (Å²) < 4.78 is 69.5. The van der Waals surface area contributed by atoms with E-state index in [1.807, 2.05) is 20.8 Å². The summed E-state index contributed by atoms with van der Waals surface area (Å²) in [5, 5.41) is 2.63. The summed E-state index contributed by atoms with van der Waals surface area (Å²) in [7, 11) is 0. The normalized spacial score (nSPS) is 11.6. The van der Waals surface area contributed by atoms with Gasteiger partial charge in [-0.3, -0.25) is 4.79 Å². The van der Waals surface area contributed by atoms with Gasteiger partial charge >= 0.3 is 12.1 Å². The molecule has 0 aliphatic rings. The van der Waals surface area contributed by atoms with Crippen LogP contribution in [0.1, 0.15) is 27.7 Å². The zero-order chi connectivity index (χ0) is 34.5. The minimum absolute atomic E-state index is 0.253. The molecule has 0 aromatic rings. The van der Waals surface area contributed by atoms with Gasteiger partial charge in [0, 0.05) is 13.5 Å². The molecular weight excluding hydrogens is 626 g/mol. The summed E-state index contributed by atoms with van der Waals surface area (Å²) >= 11 is 0. The summed E-state index contributed by atoms with van der Waals surface area (Å²) in [6, 6.07) is 0. The lowest BCUT2D eigenvalue weighted by Gasteiger charge is -2.19. The second-order valence-corrected chi connectivity index (χ2v) is 10.5. The number of carbonyl (C=O) groups is 2. The standard InChI is InChI=1S/C31H61NO15/c1-29(33)46-28-27-45-26-25-44-24-23-43-22-21-42-20-19-41-18-17-40-16-15-39-14-13-38-12-11-37-10-9-36-8-7-35-6-5-32-30(34)47-31(2,3)4/h5-28H2,1-4H3,(H,32,34). The van der Waals surface area contributed by atoms with Gasteiger partial charge in [-0.05, 0) is 20.8 Å². The SMILES string of the molecule is CC(=O)OCCOCCOCCOCCOCCOCCOCCOCCOCCOCCOCCOCCNC(=O)OC(C)(C)C. The molecule has 1 N–H and O–H groups in total. The number of ether oxygens (including phenoxy) is 13. The van der Waals surface area contributed by atoms with Crippen molar-refractivity contribution >= 4 is 12.1 Å². The second kappa shape index (κ2) is 35.6. The molecule has 0 radical (unpaired) electrons. The molecule has 0 aliphatic carbocycles. The van der Waals surface area contributed by atoms with Crippen molar-refractivity contribution in [1.29, 1.82) is 0 Å². The molecule has 16 nitrogen and oxygen atoms in total. The van der Waals surface area contributed by atoms with Gasteiger partial charge in [-0.25, -0.2) is 4.79 Å². The molecule has 280 valence electrons. The number of carbonyl (C=O) groups excluding carboxylic acids is 2. The Bertz CT molecular complexity index is 682. The zero-order valence-corrected chi connectivity index (χ0v) is 29.1. The van der Waals surface area contributed by atoms with Gasteiger partial charge in [0.05, 0.1) is 145 Å². The van der Waals surface area contributed by atoms with E-state index >= 15 is 0 Å². The average Bonchev–Trinajstić information content (AvgIpc) is 3.01. The highest BCUT2D eigenvalue weighted by Gasteiger charge is 2.15. The van der Waals surface area contributed by atoms with E-state index in [4.69, 9.17) is 61.6 Å². The van der Waals surface area contributed by atoms with Crippen LogP contribution in [0.4, 0.5) is 4.79 Å². The fraction of sp³-hybridized carbons (Fsp3) is 0.935. The van der Waals surface area contributed by atoms with Gasteiger partial charge in [0.2, 0.25) is 0 Å². The maximum absolute atomic E-state index is 11.5. The molecule has 0 bridgehead atoms. The predicted octanol–water partition coefficient (Wildman–Crippen LogP) is 1.26. The van der Waals surface area contributed by atoms with Crippen molar-refractivity contribution in [2.45, 2.75) is 33.3 Å². The van der Waals surface area contributed by atoms with Crippen LogP contribution in [0.2, 0.25) is 0 Å². The van der Waals surface area contributed by atoms with Gasteiger partial charge in [-0.15, -0.1) is 0 Å². The Morgan fingerprint density at radius 2 is 0.638 bits per heavy atom. The number of hydrogen-bond donors (Lipinski definition) is 1. The molecule has 47 heavy (non-hydrogen) atoms. The van der Waals surface area contributed by atoms with E-state index in [0.717, 1.165) is 0 Å². The highest BCUT2D eigenvalue weighted by Crippen LogP contribution is 2.06. The van der Waals surface area contributed by atoms with Crippen LogP contribution < -0.4 is 5.32 Å². The van der Waals surface area contributed by atoms with Crippen LogP contribution in [-0.4, -0.2) is 176 Å². The van der Waals surface area contributed by atoms with Crippen molar-refractivity contribution in [3.05, 3.63) is 0 Å². The Kier molecular flexibility index (Phi) is 34.3. The largest absolute Gasteiger partial charge is 0.463 e. The van der Waals surface area contributed by atoms with E-state index in [1.54, 1.807) is 0 Å². The van der Waals surface area contributed by atoms with E-state index in [-0.39, 0.29) is 12.6 Å². The van der Waals surface area contributed by atoms with Crippen molar-refractivity contribution in [1.82, 2.24) is 5.32 Å². The van der Waals surface area contributed by atoms with Crippen LogP contribution in [0.15, 0.2) is 0 Å². The maximum atomic E-state index is 11.5. The van der Waals surface area contributed by atoms with Crippen molar-refractivity contribution in [3.8, 4) is 0 Å². The number of esters is 1. The summed E-state index contributed by atoms with van der Waals surface area (Å²) in [6.45, 7) is 17.7. The highest BCUT2D eigenvalue weighted by atomic mass is 16.6. The van der Waals surface area contributed by atoms with Crippen molar-refractivity contribution in [2.75, 3.05) is 159 Å². The number of nitrogens with one attached hydrogen (secondary N) is 1. The van der Waals surface area contributed by atoms with Gasteiger partial charge in [-0.1, -0.05) is 0 Å². The highest BCUT2D eigenvalue weighted by molar-refractivity contribution is 5.67. The third-order valence-electron chi connectivity index (χ3n) is 5.17. The molecule has 0 spiro atoms. The molecule has 0 unspecified atom stereocenters. The van der Waals surface area contributed by atoms with Gasteiger partial charge in [-0.2, -0.15) is 0 Å². The Hall–Kier alpha value is -1.70. The Labute approximate surface area is 280 Å². The number of amides is 1. The number of hydrogen-bond acceptors (Lipinski definition) is 15. The molecule has 0 aromatic carbocycles. The van der Waals surface area contributed by atoms with Gasteiger partial charge in [0.15, 0.2) is 0 Å². The minimum Gasteiger partial charge on any atom is -0.463 e. The zero-order valence-electron chi connectivity index (χ0n) is 29.1. The summed E-state index contributed by atoms with van der Waals surface area (Å²) in [5.41, 5.74) is -0.514. The van der Waals surface area contributed by atoms with E-state index in [1.165, 1.54) is 6.92 Å². The Morgan fingerprint density at radius 1 is 0.404 bits per heavy atom. The summed E-state index contributed by atoms with van der Waals surface area (Å²) in [6.07, 6.45) is -0.456. The van der Waals surface area contributed by atoms with Crippen LogP contribution >= 0.6 is 0 Å². The fourth-order valence-electron chi connectivity index (χ4n) is 3.08. The van der Waals surface area contributed by atoms with Crippen LogP contribution in [0.3, 0.4) is 0 Å². The van der Waals surface area contributed by atoms with Crippen LogP contribution in [0.25, 0.3) is 0 Å². The van der Waals surface area contributed by atoms with E-state index in [2.05, 4.69) is 5.32 Å². The molecule has 0 rings (SSSR count). The third kappa shape index (κ3) is 42.3. The molecule has 0 aromatic heterocycles. The molecule has 1 amide bonds. The smallest absolute Gasteiger partial charge is 0.407 e. The van der Waals surface area contributed by atoms with Gasteiger partial charge in [0.1, 0.15) is 12.2 Å². The van der Waals surface area contributed by atoms with Crippen LogP contribution in [-0.2, 0) is 66.4 Å². The fourth-order valence-corrected chi connectivity index (χ4v) is 3.08. The lowest BCUT2D eigenvalue weighted by Crippen LogP contribution is -2.34. The predicted molar refractivity (Wildman–Crippen MR) is 170 cm³/mol. The monoisotopic (exact) mass is 687 g/mol. The van der Waals surface area contributed by atoms with E-state index in [9.17, 15) is 9.59 Å². The number of alkyl carbamates (subject to hydrolysis) is 1. The summed E-state index contributed by atoms with van der Waals surface area (Å²) in [5.74, 6) is -0.315. The van der Waals surface area contributed by atoms with Gasteiger partial charge in [0.25, 0.3) is 0 Å². The molecule has 0 saturated carbocycles. The average molecular weight is 688 g/mol. The minimum atomic E-state index is -0.514. The van der Waals surface area contributed by atoms with E-state index < -0.39 is 11.7 Å². The molecule has 0 heterocycles. The molecule has 0 aliphatic heterocycles. The molecule has 0 fully saturated rings. The molecular formula is C31H61NO15. The lowest BCUT2D eigenvalue weighted by atomic mass is 10.2. The van der Waals surface area contributed by atoms with Crippen LogP contribution in [0.5, 0.6) is 0 Å². The van der Waals surface area contributed by atoms with Gasteiger partial charge < -0.3 is 66.9 Å². The first-order chi connectivity index (χ1) is 22.8. The first-order valence-corrected chi connectivity index (χ1v) is 16.3. The maximum Gasteiger partial charge on any atom is 0.407 e. The third-order valence-corrected chi connectivity index (χ3v) is 5.17.